The predicted octanol–water partition coefficient (Wildman–Crippen LogP) is 5.11. The highest BCUT2D eigenvalue weighted by Crippen LogP contribution is 2.44. The standard InChI is InChI=1S/C29H34N2O6/c1-29(2,3)37-27(34)30-15-20(16-30)31(19-13-12-18(14-19)26(32)33)28(35)36-17-25-23-10-6-4-8-21(23)22-9-5-7-11-24(22)25/h4-11,18-20,25H,12-17H2,1-3H3,(H,32,33)/t18-,19+/m0/s1. The number of aliphatic carboxylic acids is 1. The molecule has 2 aromatic carbocycles. The third kappa shape index (κ3) is 5.02. The largest absolute Gasteiger partial charge is 0.481 e. The van der Waals surface area contributed by atoms with Gasteiger partial charge in [0.05, 0.1) is 12.0 Å². The van der Waals surface area contributed by atoms with Crippen LogP contribution < -0.4 is 0 Å². The highest BCUT2D eigenvalue weighted by atomic mass is 16.6. The van der Waals surface area contributed by atoms with E-state index in [1.54, 1.807) is 9.80 Å². The Balaban J connectivity index is 1.30. The molecule has 2 fully saturated rings. The summed E-state index contributed by atoms with van der Waals surface area (Å²) in [4.78, 5) is 40.9. The number of nitrogens with zero attached hydrogens (tertiary/aromatic N) is 2. The zero-order chi connectivity index (χ0) is 26.3. The van der Waals surface area contributed by atoms with Crippen LogP contribution in [0.25, 0.3) is 11.1 Å². The van der Waals surface area contributed by atoms with Crippen molar-refractivity contribution >= 4 is 18.2 Å². The van der Waals surface area contributed by atoms with Crippen molar-refractivity contribution in [2.75, 3.05) is 19.7 Å². The van der Waals surface area contributed by atoms with Gasteiger partial charge in [-0.1, -0.05) is 48.5 Å². The third-order valence-electron chi connectivity index (χ3n) is 7.60. The molecule has 5 rings (SSSR count). The van der Waals surface area contributed by atoms with Crippen molar-refractivity contribution < 1.29 is 29.0 Å². The van der Waals surface area contributed by atoms with Gasteiger partial charge in [0.15, 0.2) is 0 Å². The normalized spacial score (nSPS) is 21.1. The topological polar surface area (TPSA) is 96.4 Å². The van der Waals surface area contributed by atoms with E-state index in [0.29, 0.717) is 32.4 Å². The van der Waals surface area contributed by atoms with Crippen LogP contribution in [0.2, 0.25) is 0 Å². The first-order chi connectivity index (χ1) is 17.6. The lowest BCUT2D eigenvalue weighted by Crippen LogP contribution is -2.64. The maximum Gasteiger partial charge on any atom is 0.410 e. The van der Waals surface area contributed by atoms with E-state index in [2.05, 4.69) is 24.3 Å². The van der Waals surface area contributed by atoms with Crippen LogP contribution in [-0.4, -0.2) is 70.4 Å². The van der Waals surface area contributed by atoms with Crippen LogP contribution >= 0.6 is 0 Å². The Morgan fingerprint density at radius 1 is 0.946 bits per heavy atom. The molecular formula is C29H34N2O6. The van der Waals surface area contributed by atoms with E-state index in [4.69, 9.17) is 9.47 Å². The molecule has 1 aliphatic heterocycles. The van der Waals surface area contributed by atoms with E-state index in [1.165, 1.54) is 0 Å². The molecule has 2 aliphatic carbocycles. The van der Waals surface area contributed by atoms with E-state index in [9.17, 15) is 19.5 Å². The number of hydrogen-bond acceptors (Lipinski definition) is 5. The lowest BCUT2D eigenvalue weighted by Gasteiger charge is -2.46. The molecule has 8 heteroatoms. The number of amides is 2. The highest BCUT2D eigenvalue weighted by molar-refractivity contribution is 5.79. The Bertz CT molecular complexity index is 1150. The zero-order valence-electron chi connectivity index (χ0n) is 21.6. The first-order valence-electron chi connectivity index (χ1n) is 13.0. The summed E-state index contributed by atoms with van der Waals surface area (Å²) in [5.41, 5.74) is 3.98. The Morgan fingerprint density at radius 2 is 1.54 bits per heavy atom. The SMILES string of the molecule is CC(C)(C)OC(=O)N1CC(N(C(=O)OCC2c3ccccc3-c3ccccc32)[C@@H]2CC[C@H](C(=O)O)C2)C1. The maximum absolute atomic E-state index is 13.5. The van der Waals surface area contributed by atoms with Crippen LogP contribution in [0.4, 0.5) is 9.59 Å². The van der Waals surface area contributed by atoms with Gasteiger partial charge in [-0.2, -0.15) is 0 Å². The fourth-order valence-electron chi connectivity index (χ4n) is 5.81. The smallest absolute Gasteiger partial charge is 0.410 e. The number of carboxylic acid groups (broad SMARTS) is 1. The van der Waals surface area contributed by atoms with Crippen LogP contribution in [0.1, 0.15) is 57.1 Å². The second-order valence-corrected chi connectivity index (χ2v) is 11.3. The van der Waals surface area contributed by atoms with Gasteiger partial charge < -0.3 is 19.5 Å². The van der Waals surface area contributed by atoms with Crippen molar-refractivity contribution in [2.45, 2.75) is 63.6 Å². The molecule has 1 saturated carbocycles. The van der Waals surface area contributed by atoms with Crippen molar-refractivity contribution in [1.29, 1.82) is 0 Å². The summed E-state index contributed by atoms with van der Waals surface area (Å²) in [5.74, 6) is -1.37. The molecule has 2 amide bonds. The van der Waals surface area contributed by atoms with Crippen molar-refractivity contribution in [2.24, 2.45) is 5.92 Å². The monoisotopic (exact) mass is 506 g/mol. The lowest BCUT2D eigenvalue weighted by atomic mass is 9.98. The Kier molecular flexibility index (Phi) is 6.60. The summed E-state index contributed by atoms with van der Waals surface area (Å²) in [5, 5.41) is 9.51. The van der Waals surface area contributed by atoms with Crippen molar-refractivity contribution in [3.8, 4) is 11.1 Å². The fraction of sp³-hybridized carbons (Fsp3) is 0.483. The molecule has 3 aliphatic rings. The molecule has 37 heavy (non-hydrogen) atoms. The van der Waals surface area contributed by atoms with Crippen LogP contribution in [0.3, 0.4) is 0 Å². The second-order valence-electron chi connectivity index (χ2n) is 11.3. The number of hydrogen-bond donors (Lipinski definition) is 1. The minimum Gasteiger partial charge on any atom is -0.481 e. The molecule has 1 heterocycles. The minimum atomic E-state index is -0.834. The number of carbonyl (C=O) groups is 3. The molecule has 0 radical (unpaired) electrons. The number of carboxylic acids is 1. The summed E-state index contributed by atoms with van der Waals surface area (Å²) in [6.45, 7) is 6.32. The first kappa shape index (κ1) is 25.1. The Morgan fingerprint density at radius 3 is 2.08 bits per heavy atom. The van der Waals surface area contributed by atoms with Crippen LogP contribution in [0.5, 0.6) is 0 Å². The number of benzene rings is 2. The summed E-state index contributed by atoms with van der Waals surface area (Å²) in [6.07, 6.45) is 0.653. The van der Waals surface area contributed by atoms with Gasteiger partial charge in [-0.25, -0.2) is 9.59 Å². The molecular weight excluding hydrogens is 472 g/mol. The lowest BCUT2D eigenvalue weighted by molar-refractivity contribution is -0.141. The van der Waals surface area contributed by atoms with Crippen LogP contribution in [0, 0.1) is 5.92 Å². The highest BCUT2D eigenvalue weighted by Gasteiger charge is 2.45. The molecule has 1 saturated heterocycles. The maximum atomic E-state index is 13.5. The van der Waals surface area contributed by atoms with E-state index < -0.39 is 29.7 Å². The summed E-state index contributed by atoms with van der Waals surface area (Å²) >= 11 is 0. The van der Waals surface area contributed by atoms with E-state index in [1.807, 2.05) is 45.0 Å². The first-order valence-corrected chi connectivity index (χ1v) is 13.0. The van der Waals surface area contributed by atoms with Crippen molar-refractivity contribution in [3.63, 3.8) is 0 Å². The average molecular weight is 507 g/mol. The molecule has 1 N–H and O–H groups in total. The van der Waals surface area contributed by atoms with E-state index in [-0.39, 0.29) is 24.6 Å². The predicted molar refractivity (Wildman–Crippen MR) is 137 cm³/mol. The van der Waals surface area contributed by atoms with Gasteiger partial charge in [-0.15, -0.1) is 0 Å². The van der Waals surface area contributed by atoms with E-state index in [0.717, 1.165) is 22.3 Å². The molecule has 8 nitrogen and oxygen atoms in total. The van der Waals surface area contributed by atoms with Gasteiger partial charge in [0.1, 0.15) is 12.2 Å². The molecule has 2 atom stereocenters. The summed E-state index contributed by atoms with van der Waals surface area (Å²) in [6, 6.07) is 15.9. The van der Waals surface area contributed by atoms with Crippen LogP contribution in [0.15, 0.2) is 48.5 Å². The number of fused-ring (bicyclic) bond motifs is 3. The Labute approximate surface area is 217 Å². The molecule has 0 unspecified atom stereocenters. The fourth-order valence-corrected chi connectivity index (χ4v) is 5.81. The molecule has 0 spiro atoms. The number of ether oxygens (including phenoxy) is 2. The average Bonchev–Trinajstić information content (AvgIpc) is 3.42. The van der Waals surface area contributed by atoms with Gasteiger partial charge in [0.25, 0.3) is 0 Å². The quantitative estimate of drug-likeness (QED) is 0.605. The van der Waals surface area contributed by atoms with E-state index >= 15 is 0 Å². The van der Waals surface area contributed by atoms with Crippen molar-refractivity contribution in [3.05, 3.63) is 59.7 Å². The summed E-state index contributed by atoms with van der Waals surface area (Å²) in [7, 11) is 0. The zero-order valence-corrected chi connectivity index (χ0v) is 21.6. The van der Waals surface area contributed by atoms with Gasteiger partial charge in [0.2, 0.25) is 0 Å². The minimum absolute atomic E-state index is 0.0619. The molecule has 196 valence electrons. The third-order valence-corrected chi connectivity index (χ3v) is 7.60. The Hall–Kier alpha value is -3.55. The summed E-state index contributed by atoms with van der Waals surface area (Å²) < 4.78 is 11.4. The number of carbonyl (C=O) groups excluding carboxylic acids is 2. The van der Waals surface area contributed by atoms with Gasteiger partial charge >= 0.3 is 18.2 Å². The van der Waals surface area contributed by atoms with Crippen molar-refractivity contribution in [1.82, 2.24) is 9.80 Å². The molecule has 0 aromatic heterocycles. The molecule has 2 aromatic rings. The molecule has 0 bridgehead atoms. The van der Waals surface area contributed by atoms with Gasteiger partial charge in [-0.3, -0.25) is 9.69 Å². The van der Waals surface area contributed by atoms with Crippen LogP contribution in [-0.2, 0) is 14.3 Å². The second kappa shape index (κ2) is 9.72. The number of likely N-dealkylation sites (tertiary alicyclic amines) is 1. The number of rotatable bonds is 5. The van der Waals surface area contributed by atoms with Gasteiger partial charge in [-0.05, 0) is 62.3 Å². The van der Waals surface area contributed by atoms with Gasteiger partial charge in [0, 0.05) is 25.0 Å².